The van der Waals surface area contributed by atoms with Crippen molar-refractivity contribution in [1.29, 1.82) is 0 Å². The molecule has 1 aromatic rings. The van der Waals surface area contributed by atoms with Crippen LogP contribution in [0.1, 0.15) is 25.1 Å². The van der Waals surface area contributed by atoms with E-state index in [0.717, 1.165) is 23.2 Å². The lowest BCUT2D eigenvalue weighted by Crippen LogP contribution is -2.33. The van der Waals surface area contributed by atoms with Crippen molar-refractivity contribution in [3.63, 3.8) is 0 Å². The van der Waals surface area contributed by atoms with Crippen LogP contribution < -0.4 is 11.3 Å². The second kappa shape index (κ2) is 6.96. The van der Waals surface area contributed by atoms with Crippen LogP contribution in [0.4, 0.5) is 0 Å². The third-order valence-electron chi connectivity index (χ3n) is 2.61. The number of nitrogens with zero attached hydrogens (tertiary/aromatic N) is 1. The van der Waals surface area contributed by atoms with Gasteiger partial charge in [-0.2, -0.15) is 0 Å². The Bertz CT molecular complexity index is 322. The Hall–Kier alpha value is -0.490. The summed E-state index contributed by atoms with van der Waals surface area (Å²) in [6, 6.07) is 3.89. The molecule has 0 radical (unpaired) electrons. The molecule has 0 amide bonds. The maximum atomic E-state index is 5.59. The molecule has 16 heavy (non-hydrogen) atoms. The number of pyridine rings is 1. The average Bonchev–Trinajstić information content (AvgIpc) is 2.30. The molecule has 0 fully saturated rings. The highest BCUT2D eigenvalue weighted by molar-refractivity contribution is 9.10. The molecule has 0 bridgehead atoms. The molecule has 3 N–H and O–H groups in total. The van der Waals surface area contributed by atoms with Gasteiger partial charge in [0.2, 0.25) is 0 Å². The highest BCUT2D eigenvalue weighted by Crippen LogP contribution is 2.27. The number of nitrogens with two attached hydrogens (primary N) is 1. The highest BCUT2D eigenvalue weighted by atomic mass is 79.9. The van der Waals surface area contributed by atoms with E-state index in [-0.39, 0.29) is 6.04 Å². The minimum Gasteiger partial charge on any atom is -0.385 e. The van der Waals surface area contributed by atoms with Crippen LogP contribution >= 0.6 is 15.9 Å². The summed E-state index contributed by atoms with van der Waals surface area (Å²) >= 11 is 3.48. The predicted molar refractivity (Wildman–Crippen MR) is 67.7 cm³/mol. The summed E-state index contributed by atoms with van der Waals surface area (Å²) in [7, 11) is 1.70. The summed E-state index contributed by atoms with van der Waals surface area (Å²) in [4.78, 5) is 4.35. The van der Waals surface area contributed by atoms with E-state index >= 15 is 0 Å². The van der Waals surface area contributed by atoms with E-state index in [9.17, 15) is 0 Å². The van der Waals surface area contributed by atoms with Gasteiger partial charge in [-0.3, -0.25) is 16.3 Å². The van der Waals surface area contributed by atoms with Gasteiger partial charge in [-0.05, 0) is 40.4 Å². The molecule has 0 saturated carbocycles. The molecular formula is C11H18BrN3O. The van der Waals surface area contributed by atoms with E-state index in [2.05, 4.69) is 33.3 Å². The molecule has 2 unspecified atom stereocenters. The first-order chi connectivity index (χ1) is 7.70. The van der Waals surface area contributed by atoms with E-state index in [1.165, 1.54) is 0 Å². The Kier molecular flexibility index (Phi) is 5.90. The number of hydrogen-bond donors (Lipinski definition) is 2. The zero-order chi connectivity index (χ0) is 12.0. The number of halogens is 1. The largest absolute Gasteiger partial charge is 0.385 e. The van der Waals surface area contributed by atoms with Crippen molar-refractivity contribution >= 4 is 15.9 Å². The maximum absolute atomic E-state index is 5.59. The fourth-order valence-electron chi connectivity index (χ4n) is 1.61. The first-order valence-corrected chi connectivity index (χ1v) is 6.05. The SMILES string of the molecule is COCCC(C)C(NN)c1ncccc1Br. The monoisotopic (exact) mass is 287 g/mol. The quantitative estimate of drug-likeness (QED) is 0.621. The van der Waals surface area contributed by atoms with Crippen molar-refractivity contribution in [3.05, 3.63) is 28.5 Å². The van der Waals surface area contributed by atoms with E-state index < -0.39 is 0 Å². The summed E-state index contributed by atoms with van der Waals surface area (Å²) in [6.07, 6.45) is 2.71. The van der Waals surface area contributed by atoms with Crippen LogP contribution in [0, 0.1) is 5.92 Å². The van der Waals surface area contributed by atoms with Gasteiger partial charge in [-0.25, -0.2) is 0 Å². The maximum Gasteiger partial charge on any atom is 0.0731 e. The number of aromatic nitrogens is 1. The van der Waals surface area contributed by atoms with Gasteiger partial charge < -0.3 is 4.74 Å². The lowest BCUT2D eigenvalue weighted by atomic mass is 9.96. The highest BCUT2D eigenvalue weighted by Gasteiger charge is 2.20. The smallest absolute Gasteiger partial charge is 0.0731 e. The lowest BCUT2D eigenvalue weighted by molar-refractivity contribution is 0.169. The van der Waals surface area contributed by atoms with Gasteiger partial charge in [0.1, 0.15) is 0 Å². The summed E-state index contributed by atoms with van der Waals surface area (Å²) in [5, 5.41) is 0. The number of methoxy groups -OCH3 is 1. The van der Waals surface area contributed by atoms with Gasteiger partial charge in [0.15, 0.2) is 0 Å². The Morgan fingerprint density at radius 2 is 2.38 bits per heavy atom. The molecule has 0 aromatic carbocycles. The molecule has 2 atom stereocenters. The molecule has 90 valence electrons. The Morgan fingerprint density at radius 1 is 1.62 bits per heavy atom. The molecule has 0 spiro atoms. The number of ether oxygens (including phenoxy) is 1. The first-order valence-electron chi connectivity index (χ1n) is 5.26. The van der Waals surface area contributed by atoms with E-state index in [4.69, 9.17) is 10.6 Å². The fraction of sp³-hybridized carbons (Fsp3) is 0.545. The minimum absolute atomic E-state index is 0.0331. The van der Waals surface area contributed by atoms with Gasteiger partial charge in [0.05, 0.1) is 11.7 Å². The molecule has 1 heterocycles. The van der Waals surface area contributed by atoms with Crippen molar-refractivity contribution in [2.24, 2.45) is 11.8 Å². The zero-order valence-corrected chi connectivity index (χ0v) is 11.2. The summed E-state index contributed by atoms with van der Waals surface area (Å²) < 4.78 is 6.05. The molecule has 4 nitrogen and oxygen atoms in total. The molecule has 0 saturated heterocycles. The third-order valence-corrected chi connectivity index (χ3v) is 3.28. The lowest BCUT2D eigenvalue weighted by Gasteiger charge is -2.23. The van der Waals surface area contributed by atoms with Crippen LogP contribution in [-0.4, -0.2) is 18.7 Å². The third kappa shape index (κ3) is 3.52. The standard InChI is InChI=1S/C11H18BrN3O/c1-8(5-7-16-2)10(15-13)11-9(12)4-3-6-14-11/h3-4,6,8,10,15H,5,7,13H2,1-2H3. The summed E-state index contributed by atoms with van der Waals surface area (Å²) in [5.41, 5.74) is 3.76. The fourth-order valence-corrected chi connectivity index (χ4v) is 2.11. The predicted octanol–water partition coefficient (Wildman–Crippen LogP) is 2.02. The topological polar surface area (TPSA) is 60.2 Å². The number of rotatable bonds is 6. The van der Waals surface area contributed by atoms with Crippen LogP contribution in [0.25, 0.3) is 0 Å². The van der Waals surface area contributed by atoms with Crippen molar-refractivity contribution in [1.82, 2.24) is 10.4 Å². The number of hydrazine groups is 1. The van der Waals surface area contributed by atoms with Crippen LogP contribution in [0.5, 0.6) is 0 Å². The van der Waals surface area contributed by atoms with Gasteiger partial charge in [0.25, 0.3) is 0 Å². The van der Waals surface area contributed by atoms with Crippen LogP contribution in [-0.2, 0) is 4.74 Å². The molecule has 0 aliphatic rings. The molecule has 1 aromatic heterocycles. The Labute approximate surface area is 105 Å². The Balaban J connectivity index is 2.77. The van der Waals surface area contributed by atoms with Crippen LogP contribution in [0.15, 0.2) is 22.8 Å². The first kappa shape index (κ1) is 13.6. The van der Waals surface area contributed by atoms with Crippen LogP contribution in [0.2, 0.25) is 0 Å². The summed E-state index contributed by atoms with van der Waals surface area (Å²) in [5.74, 6) is 5.95. The van der Waals surface area contributed by atoms with E-state index in [0.29, 0.717) is 5.92 Å². The minimum atomic E-state index is 0.0331. The van der Waals surface area contributed by atoms with Crippen molar-refractivity contribution in [3.8, 4) is 0 Å². The normalized spacial score (nSPS) is 14.8. The molecule has 5 heteroatoms. The van der Waals surface area contributed by atoms with E-state index in [1.807, 2.05) is 12.1 Å². The van der Waals surface area contributed by atoms with Gasteiger partial charge >= 0.3 is 0 Å². The number of hydrogen-bond acceptors (Lipinski definition) is 4. The van der Waals surface area contributed by atoms with Crippen molar-refractivity contribution in [2.45, 2.75) is 19.4 Å². The number of nitrogens with one attached hydrogen (secondary N) is 1. The van der Waals surface area contributed by atoms with Crippen molar-refractivity contribution in [2.75, 3.05) is 13.7 Å². The molecule has 1 rings (SSSR count). The Morgan fingerprint density at radius 3 is 2.94 bits per heavy atom. The van der Waals surface area contributed by atoms with Crippen LogP contribution in [0.3, 0.4) is 0 Å². The summed E-state index contributed by atoms with van der Waals surface area (Å²) in [6.45, 7) is 2.86. The van der Waals surface area contributed by atoms with Gasteiger partial charge in [-0.1, -0.05) is 6.92 Å². The molecule has 0 aliphatic heterocycles. The molecular weight excluding hydrogens is 270 g/mol. The second-order valence-electron chi connectivity index (χ2n) is 3.77. The zero-order valence-electron chi connectivity index (χ0n) is 9.61. The van der Waals surface area contributed by atoms with Crippen molar-refractivity contribution < 1.29 is 4.74 Å². The van der Waals surface area contributed by atoms with Gasteiger partial charge in [-0.15, -0.1) is 0 Å². The second-order valence-corrected chi connectivity index (χ2v) is 4.63. The molecule has 0 aliphatic carbocycles. The van der Waals surface area contributed by atoms with Gasteiger partial charge in [0, 0.05) is 24.4 Å². The average molecular weight is 288 g/mol. The van der Waals surface area contributed by atoms with E-state index in [1.54, 1.807) is 13.3 Å².